The Hall–Kier alpha value is -0.503. The fraction of sp³-hybridized carbons (Fsp3) is 0.556. The number of allylic oxidation sites excluding steroid dienone is 3. The average Bonchev–Trinajstić information content (AvgIpc) is 1.86. The number of hydrogen-bond donors (Lipinski definition) is 1. The van der Waals surface area contributed by atoms with Crippen molar-refractivity contribution in [3.63, 3.8) is 0 Å². The third-order valence-electron chi connectivity index (χ3n) is 2.24. The summed E-state index contributed by atoms with van der Waals surface area (Å²) in [5.74, 6) is 0. The van der Waals surface area contributed by atoms with Gasteiger partial charge in [0.1, 0.15) is 0 Å². The van der Waals surface area contributed by atoms with E-state index in [0.29, 0.717) is 0 Å². The fourth-order valence-corrected chi connectivity index (χ4v) is 2.78. The van der Waals surface area contributed by atoms with Crippen LogP contribution in [0.3, 0.4) is 0 Å². The van der Waals surface area contributed by atoms with Gasteiger partial charge in [0.2, 0.25) is 0 Å². The van der Waals surface area contributed by atoms with Gasteiger partial charge in [0, 0.05) is 5.70 Å². The van der Waals surface area contributed by atoms with Crippen molar-refractivity contribution < 1.29 is 0 Å². The SMILES string of the molecule is C[Si](C)(C)C1C=CC(N)=CC1. The van der Waals surface area contributed by atoms with Crippen LogP contribution in [0.1, 0.15) is 6.42 Å². The lowest BCUT2D eigenvalue weighted by molar-refractivity contribution is 0.960. The van der Waals surface area contributed by atoms with Crippen molar-refractivity contribution in [3.05, 3.63) is 23.9 Å². The first-order valence-corrected chi connectivity index (χ1v) is 7.72. The van der Waals surface area contributed by atoms with Gasteiger partial charge in [0.25, 0.3) is 0 Å². The normalized spacial score (nSPS) is 25.0. The Kier molecular flexibility index (Phi) is 2.23. The second-order valence-corrected chi connectivity index (χ2v) is 9.75. The maximum atomic E-state index is 5.63. The Morgan fingerprint density at radius 2 is 2.09 bits per heavy atom. The molecule has 0 saturated carbocycles. The second kappa shape index (κ2) is 2.86. The lowest BCUT2D eigenvalue weighted by Crippen LogP contribution is -2.27. The molecule has 0 bridgehead atoms. The summed E-state index contributed by atoms with van der Waals surface area (Å²) in [6.07, 6.45) is 7.62. The summed E-state index contributed by atoms with van der Waals surface area (Å²) in [5, 5.41) is 0. The molecule has 0 aromatic heterocycles. The van der Waals surface area contributed by atoms with Gasteiger partial charge in [-0.1, -0.05) is 31.8 Å². The molecule has 1 nitrogen and oxygen atoms in total. The van der Waals surface area contributed by atoms with Crippen LogP contribution in [0.15, 0.2) is 23.9 Å². The van der Waals surface area contributed by atoms with E-state index in [1.165, 1.54) is 0 Å². The van der Waals surface area contributed by atoms with E-state index in [9.17, 15) is 0 Å². The van der Waals surface area contributed by atoms with Crippen LogP contribution in [0.4, 0.5) is 0 Å². The number of rotatable bonds is 1. The Morgan fingerprint density at radius 3 is 2.45 bits per heavy atom. The minimum Gasteiger partial charge on any atom is -0.399 e. The molecular formula is C9H17NSi. The number of hydrogen-bond acceptors (Lipinski definition) is 1. The molecule has 0 aliphatic heterocycles. The molecule has 2 heteroatoms. The molecule has 0 aromatic carbocycles. The van der Waals surface area contributed by atoms with E-state index in [1.807, 2.05) is 6.08 Å². The van der Waals surface area contributed by atoms with Gasteiger partial charge in [-0.15, -0.1) is 0 Å². The quantitative estimate of drug-likeness (QED) is 0.597. The van der Waals surface area contributed by atoms with Gasteiger partial charge in [-0.05, 0) is 18.0 Å². The van der Waals surface area contributed by atoms with Gasteiger partial charge < -0.3 is 5.73 Å². The van der Waals surface area contributed by atoms with Crippen molar-refractivity contribution in [1.29, 1.82) is 0 Å². The van der Waals surface area contributed by atoms with E-state index < -0.39 is 8.07 Å². The van der Waals surface area contributed by atoms with Crippen molar-refractivity contribution >= 4 is 8.07 Å². The summed E-state index contributed by atoms with van der Waals surface area (Å²) in [4.78, 5) is 0. The van der Waals surface area contributed by atoms with Gasteiger partial charge in [-0.2, -0.15) is 0 Å². The zero-order chi connectivity index (χ0) is 8.48. The number of nitrogens with two attached hydrogens (primary N) is 1. The van der Waals surface area contributed by atoms with E-state index in [0.717, 1.165) is 17.7 Å². The van der Waals surface area contributed by atoms with Crippen LogP contribution in [0.5, 0.6) is 0 Å². The first-order valence-electron chi connectivity index (χ1n) is 4.14. The molecule has 11 heavy (non-hydrogen) atoms. The summed E-state index contributed by atoms with van der Waals surface area (Å²) in [7, 11) is -0.973. The topological polar surface area (TPSA) is 26.0 Å². The summed E-state index contributed by atoms with van der Waals surface area (Å²) < 4.78 is 0. The highest BCUT2D eigenvalue weighted by molar-refractivity contribution is 6.78. The molecule has 1 rings (SSSR count). The largest absolute Gasteiger partial charge is 0.399 e. The highest BCUT2D eigenvalue weighted by atomic mass is 28.3. The van der Waals surface area contributed by atoms with E-state index >= 15 is 0 Å². The lowest BCUT2D eigenvalue weighted by atomic mass is 10.1. The van der Waals surface area contributed by atoms with E-state index in [-0.39, 0.29) is 0 Å². The van der Waals surface area contributed by atoms with Crippen LogP contribution in [-0.2, 0) is 0 Å². The van der Waals surface area contributed by atoms with Crippen LogP contribution >= 0.6 is 0 Å². The molecule has 0 heterocycles. The molecule has 0 spiro atoms. The Labute approximate surface area is 70.0 Å². The molecular weight excluding hydrogens is 150 g/mol. The van der Waals surface area contributed by atoms with Gasteiger partial charge >= 0.3 is 0 Å². The molecule has 0 amide bonds. The molecule has 1 atom stereocenters. The zero-order valence-electron chi connectivity index (χ0n) is 7.59. The van der Waals surface area contributed by atoms with Crippen molar-refractivity contribution in [2.24, 2.45) is 5.73 Å². The van der Waals surface area contributed by atoms with Crippen LogP contribution < -0.4 is 5.73 Å². The van der Waals surface area contributed by atoms with E-state index in [4.69, 9.17) is 5.73 Å². The Bertz CT molecular complexity index is 198. The maximum absolute atomic E-state index is 5.63. The molecule has 0 fully saturated rings. The third kappa shape index (κ3) is 2.22. The van der Waals surface area contributed by atoms with Crippen molar-refractivity contribution in [1.82, 2.24) is 0 Å². The van der Waals surface area contributed by atoms with Crippen LogP contribution in [0, 0.1) is 0 Å². The highest BCUT2D eigenvalue weighted by Gasteiger charge is 2.24. The molecule has 2 N–H and O–H groups in total. The van der Waals surface area contributed by atoms with Gasteiger partial charge in [0.15, 0.2) is 0 Å². The molecule has 1 unspecified atom stereocenters. The Balaban J connectivity index is 2.63. The molecule has 0 radical (unpaired) electrons. The van der Waals surface area contributed by atoms with Gasteiger partial charge in [-0.3, -0.25) is 0 Å². The maximum Gasteiger partial charge on any atom is 0.0517 e. The molecule has 0 aromatic rings. The average molecular weight is 167 g/mol. The van der Waals surface area contributed by atoms with Crippen LogP contribution in [-0.4, -0.2) is 8.07 Å². The third-order valence-corrected chi connectivity index (χ3v) is 4.89. The molecule has 0 saturated heterocycles. The smallest absolute Gasteiger partial charge is 0.0517 e. The Morgan fingerprint density at radius 1 is 1.45 bits per heavy atom. The minimum atomic E-state index is -0.973. The predicted molar refractivity (Wildman–Crippen MR) is 53.1 cm³/mol. The summed E-state index contributed by atoms with van der Waals surface area (Å²) in [6.45, 7) is 7.20. The summed E-state index contributed by atoms with van der Waals surface area (Å²) in [6, 6.07) is 0. The zero-order valence-corrected chi connectivity index (χ0v) is 8.59. The standard InChI is InChI=1S/C9H17NSi/c1-11(2,3)9-6-4-8(10)5-7-9/h4-6,9H,7,10H2,1-3H3. The van der Waals surface area contributed by atoms with E-state index in [2.05, 4.69) is 31.8 Å². The fourth-order valence-electron chi connectivity index (χ4n) is 1.28. The highest BCUT2D eigenvalue weighted by Crippen LogP contribution is 2.30. The minimum absolute atomic E-state index is 0.787. The second-order valence-electron chi connectivity index (χ2n) is 4.27. The first kappa shape index (κ1) is 8.59. The summed E-state index contributed by atoms with van der Waals surface area (Å²) >= 11 is 0. The van der Waals surface area contributed by atoms with Crippen molar-refractivity contribution in [3.8, 4) is 0 Å². The van der Waals surface area contributed by atoms with Crippen molar-refractivity contribution in [2.45, 2.75) is 31.6 Å². The van der Waals surface area contributed by atoms with E-state index in [1.54, 1.807) is 0 Å². The monoisotopic (exact) mass is 167 g/mol. The molecule has 62 valence electrons. The first-order chi connectivity index (χ1) is 5.00. The molecule has 1 aliphatic rings. The predicted octanol–water partition coefficient (Wildman–Crippen LogP) is 2.50. The van der Waals surface area contributed by atoms with Gasteiger partial charge in [0.05, 0.1) is 8.07 Å². The lowest BCUT2D eigenvalue weighted by Gasteiger charge is -2.26. The summed E-state index contributed by atoms with van der Waals surface area (Å²) in [5.41, 5.74) is 7.35. The van der Waals surface area contributed by atoms with Crippen LogP contribution in [0.2, 0.25) is 25.2 Å². The van der Waals surface area contributed by atoms with Gasteiger partial charge in [-0.25, -0.2) is 0 Å². The van der Waals surface area contributed by atoms with Crippen molar-refractivity contribution in [2.75, 3.05) is 0 Å². The molecule has 1 aliphatic carbocycles. The van der Waals surface area contributed by atoms with Crippen LogP contribution in [0.25, 0.3) is 0 Å².